The van der Waals surface area contributed by atoms with E-state index in [0.29, 0.717) is 24.5 Å². The molecule has 32 heavy (non-hydrogen) atoms. The standard InChI is InChI=1S/C23H23IN8/c24-19-14-28-32-21(19)30-22(29-18-10-8-17(25)9-11-18)31-23(32)27-13-15-4-6-16(7-5-15)20-3-1-2-12-26-20/h1-7,12,14,18,25H,8-11,13H2,(H2,27,29,30,31). The Hall–Kier alpha value is -3.08. The smallest absolute Gasteiger partial charge is 0.229 e. The van der Waals surface area contributed by atoms with E-state index in [9.17, 15) is 0 Å². The van der Waals surface area contributed by atoms with Crippen molar-refractivity contribution in [3.05, 3.63) is 64.0 Å². The van der Waals surface area contributed by atoms with Gasteiger partial charge in [0.1, 0.15) is 0 Å². The van der Waals surface area contributed by atoms with Crippen LogP contribution in [0, 0.1) is 8.98 Å². The number of aromatic nitrogens is 5. The number of rotatable bonds is 6. The molecule has 3 heterocycles. The Bertz CT molecular complexity index is 1230. The van der Waals surface area contributed by atoms with Gasteiger partial charge in [-0.1, -0.05) is 30.3 Å². The Labute approximate surface area is 199 Å². The predicted molar refractivity (Wildman–Crippen MR) is 134 cm³/mol. The predicted octanol–water partition coefficient (Wildman–Crippen LogP) is 4.78. The van der Waals surface area contributed by atoms with Gasteiger partial charge < -0.3 is 16.0 Å². The van der Waals surface area contributed by atoms with Gasteiger partial charge in [0.2, 0.25) is 11.9 Å². The summed E-state index contributed by atoms with van der Waals surface area (Å²) in [7, 11) is 0. The van der Waals surface area contributed by atoms with Gasteiger partial charge in [-0.15, -0.1) is 0 Å². The maximum atomic E-state index is 7.82. The molecule has 0 amide bonds. The molecule has 0 saturated heterocycles. The van der Waals surface area contributed by atoms with Crippen LogP contribution in [0.15, 0.2) is 54.9 Å². The summed E-state index contributed by atoms with van der Waals surface area (Å²) in [4.78, 5) is 13.8. The van der Waals surface area contributed by atoms with E-state index in [-0.39, 0.29) is 0 Å². The fourth-order valence-electron chi connectivity index (χ4n) is 3.83. The van der Waals surface area contributed by atoms with E-state index < -0.39 is 0 Å². The van der Waals surface area contributed by atoms with Crippen LogP contribution in [0.3, 0.4) is 0 Å². The van der Waals surface area contributed by atoms with Gasteiger partial charge in [-0.25, -0.2) is 0 Å². The van der Waals surface area contributed by atoms with Crippen LogP contribution in [-0.2, 0) is 6.54 Å². The van der Waals surface area contributed by atoms with Gasteiger partial charge in [-0.05, 0) is 66.0 Å². The first-order chi connectivity index (χ1) is 15.7. The molecule has 1 saturated carbocycles. The van der Waals surface area contributed by atoms with Gasteiger partial charge >= 0.3 is 0 Å². The van der Waals surface area contributed by atoms with Crippen LogP contribution >= 0.6 is 22.6 Å². The molecule has 0 unspecified atom stereocenters. The van der Waals surface area contributed by atoms with E-state index in [1.165, 1.54) is 0 Å². The molecule has 1 aliphatic rings. The fourth-order valence-corrected chi connectivity index (χ4v) is 4.30. The molecule has 162 valence electrons. The van der Waals surface area contributed by atoms with Crippen LogP contribution in [0.25, 0.3) is 16.9 Å². The summed E-state index contributed by atoms with van der Waals surface area (Å²) in [5.74, 6) is 1.25. The van der Waals surface area contributed by atoms with Crippen LogP contribution < -0.4 is 10.6 Å². The third kappa shape index (κ3) is 4.57. The molecule has 0 aliphatic heterocycles. The van der Waals surface area contributed by atoms with Gasteiger partial charge in [0.05, 0.1) is 15.5 Å². The normalized spacial score (nSPS) is 16.3. The second-order valence-corrected chi connectivity index (χ2v) is 9.05. The maximum absolute atomic E-state index is 7.82. The number of halogens is 1. The first kappa shape index (κ1) is 20.8. The average molecular weight is 538 g/mol. The molecule has 1 aliphatic carbocycles. The van der Waals surface area contributed by atoms with Crippen molar-refractivity contribution in [1.29, 1.82) is 5.41 Å². The number of hydrogen-bond acceptors (Lipinski definition) is 7. The highest BCUT2D eigenvalue weighted by molar-refractivity contribution is 14.1. The summed E-state index contributed by atoms with van der Waals surface area (Å²) in [6.07, 6.45) is 7.15. The van der Waals surface area contributed by atoms with Crippen molar-refractivity contribution in [2.75, 3.05) is 10.6 Å². The zero-order valence-electron chi connectivity index (χ0n) is 17.4. The van der Waals surface area contributed by atoms with E-state index in [0.717, 1.165) is 57.4 Å². The van der Waals surface area contributed by atoms with Gasteiger partial charge in [0, 0.05) is 30.1 Å². The second kappa shape index (κ2) is 9.19. The largest absolute Gasteiger partial charge is 0.351 e. The van der Waals surface area contributed by atoms with E-state index in [4.69, 9.17) is 10.4 Å². The van der Waals surface area contributed by atoms with E-state index >= 15 is 0 Å². The Morgan fingerprint density at radius 3 is 2.62 bits per heavy atom. The summed E-state index contributed by atoms with van der Waals surface area (Å²) in [5.41, 5.74) is 4.80. The molecular formula is C23H23IN8. The SMILES string of the molecule is N=C1CCC(Nc2nc(NCc3ccc(-c4ccccn4)cc3)n3ncc(I)c3n2)CC1. The Balaban J connectivity index is 1.33. The molecule has 1 fully saturated rings. The van der Waals surface area contributed by atoms with Crippen molar-refractivity contribution < 1.29 is 0 Å². The molecule has 0 bridgehead atoms. The van der Waals surface area contributed by atoms with Crippen molar-refractivity contribution in [1.82, 2.24) is 24.6 Å². The molecule has 0 spiro atoms. The quantitative estimate of drug-likeness (QED) is 0.306. The van der Waals surface area contributed by atoms with Crippen LogP contribution in [0.1, 0.15) is 31.2 Å². The number of benzene rings is 1. The summed E-state index contributed by atoms with van der Waals surface area (Å²) >= 11 is 2.25. The number of fused-ring (bicyclic) bond motifs is 1. The number of nitrogens with zero attached hydrogens (tertiary/aromatic N) is 5. The first-order valence-electron chi connectivity index (χ1n) is 10.6. The zero-order chi connectivity index (χ0) is 21.9. The topological polar surface area (TPSA) is 104 Å². The lowest BCUT2D eigenvalue weighted by Crippen LogP contribution is -2.27. The van der Waals surface area contributed by atoms with Crippen LogP contribution in [0.4, 0.5) is 11.9 Å². The minimum atomic E-state index is 0.291. The Kier molecular flexibility index (Phi) is 5.97. The highest BCUT2D eigenvalue weighted by Crippen LogP contribution is 2.22. The van der Waals surface area contributed by atoms with E-state index in [1.807, 2.05) is 18.2 Å². The highest BCUT2D eigenvalue weighted by atomic mass is 127. The number of nitrogens with one attached hydrogen (secondary N) is 3. The lowest BCUT2D eigenvalue weighted by molar-refractivity contribution is 0.586. The summed E-state index contributed by atoms with van der Waals surface area (Å²) in [5, 5.41) is 19.1. The molecule has 9 heteroatoms. The summed E-state index contributed by atoms with van der Waals surface area (Å²) in [6, 6.07) is 14.6. The molecule has 8 nitrogen and oxygen atoms in total. The minimum absolute atomic E-state index is 0.291. The lowest BCUT2D eigenvalue weighted by Gasteiger charge is -2.23. The summed E-state index contributed by atoms with van der Waals surface area (Å²) < 4.78 is 2.72. The molecule has 4 aromatic rings. The van der Waals surface area contributed by atoms with E-state index in [1.54, 1.807) is 16.9 Å². The number of anilines is 2. The lowest BCUT2D eigenvalue weighted by atomic mass is 9.94. The molecule has 0 atom stereocenters. The van der Waals surface area contributed by atoms with Gasteiger partial charge in [0.25, 0.3) is 0 Å². The first-order valence-corrected chi connectivity index (χ1v) is 11.7. The summed E-state index contributed by atoms with van der Waals surface area (Å²) in [6.45, 7) is 0.616. The van der Waals surface area contributed by atoms with Crippen molar-refractivity contribution in [3.8, 4) is 11.3 Å². The van der Waals surface area contributed by atoms with Crippen molar-refractivity contribution >= 4 is 45.8 Å². The number of pyridine rings is 1. The average Bonchev–Trinajstić information content (AvgIpc) is 3.21. The van der Waals surface area contributed by atoms with Crippen molar-refractivity contribution in [2.45, 2.75) is 38.3 Å². The van der Waals surface area contributed by atoms with Crippen LogP contribution in [0.5, 0.6) is 0 Å². The second-order valence-electron chi connectivity index (χ2n) is 7.89. The van der Waals surface area contributed by atoms with Gasteiger partial charge in [-0.2, -0.15) is 19.6 Å². The van der Waals surface area contributed by atoms with E-state index in [2.05, 4.69) is 72.6 Å². The zero-order valence-corrected chi connectivity index (χ0v) is 19.6. The van der Waals surface area contributed by atoms with Crippen molar-refractivity contribution in [3.63, 3.8) is 0 Å². The van der Waals surface area contributed by atoms with Gasteiger partial charge in [0.15, 0.2) is 5.65 Å². The number of hydrogen-bond donors (Lipinski definition) is 3. The monoisotopic (exact) mass is 538 g/mol. The highest BCUT2D eigenvalue weighted by Gasteiger charge is 2.19. The minimum Gasteiger partial charge on any atom is -0.351 e. The Morgan fingerprint density at radius 1 is 1.06 bits per heavy atom. The molecule has 5 rings (SSSR count). The molecule has 3 aromatic heterocycles. The molecule has 0 radical (unpaired) electrons. The van der Waals surface area contributed by atoms with Crippen LogP contribution in [-0.4, -0.2) is 36.3 Å². The van der Waals surface area contributed by atoms with Crippen molar-refractivity contribution in [2.24, 2.45) is 0 Å². The van der Waals surface area contributed by atoms with Crippen LogP contribution in [0.2, 0.25) is 0 Å². The maximum Gasteiger partial charge on any atom is 0.229 e. The van der Waals surface area contributed by atoms with Gasteiger partial charge in [-0.3, -0.25) is 4.98 Å². The Morgan fingerprint density at radius 2 is 1.88 bits per heavy atom. The molecule has 3 N–H and O–H groups in total. The fraction of sp³-hybridized carbons (Fsp3) is 0.261. The third-order valence-corrected chi connectivity index (χ3v) is 6.37. The molecular weight excluding hydrogens is 515 g/mol. The molecule has 1 aromatic carbocycles. The third-order valence-electron chi connectivity index (χ3n) is 5.61.